The number of hydrogen-bond donors (Lipinski definition) is 0. The zero-order valence-electron chi connectivity index (χ0n) is 17.8. The molecule has 0 fully saturated rings. The number of amides is 1. The van der Waals surface area contributed by atoms with Gasteiger partial charge in [-0.2, -0.15) is 0 Å². The highest BCUT2D eigenvalue weighted by atomic mass is 32.2. The molecule has 0 saturated carbocycles. The number of hydrogen-bond acceptors (Lipinski definition) is 5. The fourth-order valence-electron chi connectivity index (χ4n) is 3.10. The Labute approximate surface area is 187 Å². The molecule has 3 aromatic carbocycles. The van der Waals surface area contributed by atoms with E-state index in [1.807, 2.05) is 6.07 Å². The number of carbonyl (C=O) groups excluding carboxylic acids is 2. The van der Waals surface area contributed by atoms with Crippen molar-refractivity contribution in [3.05, 3.63) is 90.5 Å². The van der Waals surface area contributed by atoms with Crippen molar-refractivity contribution in [2.45, 2.75) is 11.8 Å². The minimum atomic E-state index is -3.89. The Bertz CT molecular complexity index is 1180. The highest BCUT2D eigenvalue weighted by molar-refractivity contribution is 7.92. The minimum Gasteiger partial charge on any atom is -0.452 e. The molecule has 0 heterocycles. The van der Waals surface area contributed by atoms with Crippen LogP contribution in [0.15, 0.2) is 89.8 Å². The summed E-state index contributed by atoms with van der Waals surface area (Å²) in [4.78, 5) is 26.2. The Morgan fingerprint density at radius 1 is 0.844 bits per heavy atom. The van der Waals surface area contributed by atoms with Crippen LogP contribution in [-0.2, 0) is 19.6 Å². The maximum Gasteiger partial charge on any atom is 0.338 e. The Hall–Kier alpha value is -3.65. The third kappa shape index (κ3) is 5.15. The molecule has 0 atom stereocenters. The van der Waals surface area contributed by atoms with E-state index in [0.29, 0.717) is 11.4 Å². The third-order valence-corrected chi connectivity index (χ3v) is 6.73. The molecule has 166 valence electrons. The molecule has 7 nitrogen and oxygen atoms in total. The van der Waals surface area contributed by atoms with Gasteiger partial charge in [0, 0.05) is 19.3 Å². The summed E-state index contributed by atoms with van der Waals surface area (Å²) in [5.41, 5.74) is 1.24. The lowest BCUT2D eigenvalue weighted by Crippen LogP contribution is -2.31. The lowest BCUT2D eigenvalue weighted by molar-refractivity contribution is -0.121. The van der Waals surface area contributed by atoms with Crippen LogP contribution in [0, 0.1) is 0 Å². The van der Waals surface area contributed by atoms with Crippen LogP contribution >= 0.6 is 0 Å². The van der Waals surface area contributed by atoms with Gasteiger partial charge >= 0.3 is 5.97 Å². The van der Waals surface area contributed by atoms with E-state index < -0.39 is 28.5 Å². The molecule has 0 unspecified atom stereocenters. The standard InChI is InChI=1S/C24H24N2O5S/c1-3-26(21-14-8-5-9-15-21)32(29,30)22-16-10-11-19(17-22)24(28)31-18-23(27)25(2)20-12-6-4-7-13-20/h4-17H,3,18H2,1-2H3. The highest BCUT2D eigenvalue weighted by Gasteiger charge is 2.25. The van der Waals surface area contributed by atoms with E-state index in [-0.39, 0.29) is 17.0 Å². The maximum atomic E-state index is 13.2. The molecule has 0 aliphatic heterocycles. The van der Waals surface area contributed by atoms with Gasteiger partial charge in [-0.1, -0.05) is 42.5 Å². The molecule has 32 heavy (non-hydrogen) atoms. The Kier molecular flexibility index (Phi) is 7.27. The summed E-state index contributed by atoms with van der Waals surface area (Å²) in [5.74, 6) is -1.19. The number of carbonyl (C=O) groups is 2. The molecule has 0 radical (unpaired) electrons. The zero-order valence-corrected chi connectivity index (χ0v) is 18.7. The van der Waals surface area contributed by atoms with Gasteiger partial charge in [0.1, 0.15) is 0 Å². The molecule has 0 bridgehead atoms. The van der Waals surface area contributed by atoms with Crippen molar-refractivity contribution in [2.24, 2.45) is 0 Å². The van der Waals surface area contributed by atoms with Crippen LogP contribution in [0.2, 0.25) is 0 Å². The SMILES string of the molecule is CCN(c1ccccc1)S(=O)(=O)c1cccc(C(=O)OCC(=O)N(C)c2ccccc2)c1. The Balaban J connectivity index is 1.73. The second-order valence-electron chi connectivity index (χ2n) is 6.90. The molecule has 0 aliphatic rings. The number of rotatable bonds is 8. The number of sulfonamides is 1. The first kappa shape index (κ1) is 23.0. The lowest BCUT2D eigenvalue weighted by Gasteiger charge is -2.23. The van der Waals surface area contributed by atoms with E-state index in [1.165, 1.54) is 33.5 Å². The highest BCUT2D eigenvalue weighted by Crippen LogP contribution is 2.24. The van der Waals surface area contributed by atoms with Crippen molar-refractivity contribution in [1.29, 1.82) is 0 Å². The second kappa shape index (κ2) is 10.1. The number of nitrogens with zero attached hydrogens (tertiary/aromatic N) is 2. The summed E-state index contributed by atoms with van der Waals surface area (Å²) in [6.07, 6.45) is 0. The average Bonchev–Trinajstić information content (AvgIpc) is 2.83. The molecular formula is C24H24N2O5S. The van der Waals surface area contributed by atoms with Gasteiger partial charge in [-0.15, -0.1) is 0 Å². The van der Waals surface area contributed by atoms with Crippen LogP contribution in [-0.4, -0.2) is 40.5 Å². The number of ether oxygens (including phenoxy) is 1. The van der Waals surface area contributed by atoms with Crippen LogP contribution in [0.25, 0.3) is 0 Å². The van der Waals surface area contributed by atoms with Gasteiger partial charge in [0.25, 0.3) is 15.9 Å². The van der Waals surface area contributed by atoms with Gasteiger partial charge in [0.15, 0.2) is 6.61 Å². The van der Waals surface area contributed by atoms with Gasteiger partial charge in [0.2, 0.25) is 0 Å². The summed E-state index contributed by atoms with van der Waals surface area (Å²) in [7, 11) is -2.31. The molecule has 3 rings (SSSR count). The zero-order chi connectivity index (χ0) is 23.1. The molecule has 3 aromatic rings. The maximum absolute atomic E-state index is 13.2. The van der Waals surface area contributed by atoms with Gasteiger partial charge in [-0.25, -0.2) is 13.2 Å². The molecule has 0 spiro atoms. The first-order chi connectivity index (χ1) is 15.3. The van der Waals surface area contributed by atoms with Crippen molar-refractivity contribution in [1.82, 2.24) is 0 Å². The number of para-hydroxylation sites is 2. The summed E-state index contributed by atoms with van der Waals surface area (Å²) < 4.78 is 32.7. The number of benzene rings is 3. The summed E-state index contributed by atoms with van der Waals surface area (Å²) in [6, 6.07) is 23.3. The Morgan fingerprint density at radius 3 is 2.03 bits per heavy atom. The topological polar surface area (TPSA) is 84.0 Å². The van der Waals surface area contributed by atoms with Crippen LogP contribution in [0.3, 0.4) is 0 Å². The number of likely N-dealkylation sites (N-methyl/N-ethyl adjacent to an activating group) is 1. The van der Waals surface area contributed by atoms with Crippen LogP contribution < -0.4 is 9.21 Å². The normalized spacial score (nSPS) is 10.9. The van der Waals surface area contributed by atoms with Gasteiger partial charge in [0.05, 0.1) is 16.1 Å². The summed E-state index contributed by atoms with van der Waals surface area (Å²) in [6.45, 7) is 1.49. The van der Waals surface area contributed by atoms with Crippen molar-refractivity contribution >= 4 is 33.3 Å². The molecular weight excluding hydrogens is 428 g/mol. The molecule has 0 N–H and O–H groups in total. The average molecular weight is 453 g/mol. The molecule has 0 saturated heterocycles. The predicted octanol–water partition coefficient (Wildman–Crippen LogP) is 3.72. The lowest BCUT2D eigenvalue weighted by atomic mass is 10.2. The van der Waals surface area contributed by atoms with Crippen LogP contribution in [0.4, 0.5) is 11.4 Å². The number of anilines is 2. The van der Waals surface area contributed by atoms with E-state index >= 15 is 0 Å². The van der Waals surface area contributed by atoms with Crippen molar-refractivity contribution in [3.63, 3.8) is 0 Å². The van der Waals surface area contributed by atoms with Crippen LogP contribution in [0.1, 0.15) is 17.3 Å². The van der Waals surface area contributed by atoms with E-state index in [0.717, 1.165) is 0 Å². The van der Waals surface area contributed by atoms with Crippen molar-refractivity contribution < 1.29 is 22.7 Å². The minimum absolute atomic E-state index is 0.0367. The quantitative estimate of drug-likeness (QED) is 0.487. The van der Waals surface area contributed by atoms with Crippen molar-refractivity contribution in [3.8, 4) is 0 Å². The third-order valence-electron chi connectivity index (χ3n) is 4.83. The van der Waals surface area contributed by atoms with E-state index in [9.17, 15) is 18.0 Å². The molecule has 0 aliphatic carbocycles. The largest absolute Gasteiger partial charge is 0.452 e. The second-order valence-corrected chi connectivity index (χ2v) is 8.76. The predicted molar refractivity (Wildman–Crippen MR) is 123 cm³/mol. The molecule has 8 heteroatoms. The van der Waals surface area contributed by atoms with E-state index in [4.69, 9.17) is 4.74 Å². The van der Waals surface area contributed by atoms with Gasteiger partial charge in [-0.3, -0.25) is 9.10 Å². The summed E-state index contributed by atoms with van der Waals surface area (Å²) >= 11 is 0. The molecule has 0 aromatic heterocycles. The summed E-state index contributed by atoms with van der Waals surface area (Å²) in [5, 5.41) is 0. The fraction of sp³-hybridized carbons (Fsp3) is 0.167. The van der Waals surface area contributed by atoms with E-state index in [1.54, 1.807) is 68.6 Å². The molecule has 1 amide bonds. The van der Waals surface area contributed by atoms with Crippen LogP contribution in [0.5, 0.6) is 0 Å². The Morgan fingerprint density at radius 2 is 1.44 bits per heavy atom. The monoisotopic (exact) mass is 452 g/mol. The number of esters is 1. The fourth-order valence-corrected chi connectivity index (χ4v) is 4.62. The van der Waals surface area contributed by atoms with E-state index in [2.05, 4.69) is 0 Å². The first-order valence-corrected chi connectivity index (χ1v) is 11.4. The van der Waals surface area contributed by atoms with Gasteiger partial charge in [-0.05, 0) is 49.4 Å². The first-order valence-electron chi connectivity index (χ1n) is 10.0. The van der Waals surface area contributed by atoms with Gasteiger partial charge < -0.3 is 9.64 Å². The smallest absolute Gasteiger partial charge is 0.338 e. The van der Waals surface area contributed by atoms with Crippen molar-refractivity contribution in [2.75, 3.05) is 29.4 Å².